The molecule has 0 spiro atoms. The monoisotopic (exact) mass is 278 g/mol. The molecule has 2 heterocycles. The highest BCUT2D eigenvalue weighted by atomic mass is 16.6. The molecule has 2 aliphatic heterocycles. The fraction of sp³-hybridized carbons (Fsp3) is 0.600. The molecular formula is C15H22N2O3. The van der Waals surface area contributed by atoms with E-state index in [9.17, 15) is 0 Å². The molecule has 0 amide bonds. The molecule has 1 aromatic carbocycles. The molecule has 5 heteroatoms. The summed E-state index contributed by atoms with van der Waals surface area (Å²) in [7, 11) is 2.00. The zero-order valence-electron chi connectivity index (χ0n) is 11.9. The molecular weight excluding hydrogens is 256 g/mol. The lowest BCUT2D eigenvalue weighted by Crippen LogP contribution is -2.41. The lowest BCUT2D eigenvalue weighted by atomic mass is 10.1. The van der Waals surface area contributed by atoms with Crippen LogP contribution in [0, 0.1) is 0 Å². The van der Waals surface area contributed by atoms with E-state index < -0.39 is 0 Å². The van der Waals surface area contributed by atoms with Crippen molar-refractivity contribution in [1.82, 2.24) is 10.2 Å². The molecule has 1 aromatic rings. The SMILES string of the molecule is CNC(CN1CCOCC1)c1ccc2c(c1)OCCO2. The van der Waals surface area contributed by atoms with E-state index in [2.05, 4.69) is 22.3 Å². The van der Waals surface area contributed by atoms with Gasteiger partial charge in [0.2, 0.25) is 0 Å². The van der Waals surface area contributed by atoms with Crippen molar-refractivity contribution < 1.29 is 14.2 Å². The summed E-state index contributed by atoms with van der Waals surface area (Å²) in [6.07, 6.45) is 0. The van der Waals surface area contributed by atoms with Crippen LogP contribution in [0.15, 0.2) is 18.2 Å². The molecule has 1 fully saturated rings. The standard InChI is InChI=1S/C15H22N2O3/c1-16-13(11-17-4-6-18-7-5-17)12-2-3-14-15(10-12)20-9-8-19-14/h2-3,10,13,16H,4-9,11H2,1H3. The number of morpholine rings is 1. The van der Waals surface area contributed by atoms with Crippen LogP contribution in [0.25, 0.3) is 0 Å². The predicted molar refractivity (Wildman–Crippen MR) is 76.5 cm³/mol. The zero-order valence-corrected chi connectivity index (χ0v) is 11.9. The lowest BCUT2D eigenvalue weighted by molar-refractivity contribution is 0.0338. The maximum atomic E-state index is 5.66. The molecule has 5 nitrogen and oxygen atoms in total. The number of ether oxygens (including phenoxy) is 3. The Morgan fingerprint density at radius 2 is 1.85 bits per heavy atom. The van der Waals surface area contributed by atoms with Crippen LogP contribution in [0.4, 0.5) is 0 Å². The van der Waals surface area contributed by atoms with Gasteiger partial charge in [-0.25, -0.2) is 0 Å². The summed E-state index contributed by atoms with van der Waals surface area (Å²) < 4.78 is 16.6. The van der Waals surface area contributed by atoms with Gasteiger partial charge in [-0.2, -0.15) is 0 Å². The van der Waals surface area contributed by atoms with Crippen molar-refractivity contribution in [3.63, 3.8) is 0 Å². The Morgan fingerprint density at radius 1 is 1.10 bits per heavy atom. The summed E-state index contributed by atoms with van der Waals surface area (Å²) >= 11 is 0. The zero-order chi connectivity index (χ0) is 13.8. The average Bonchev–Trinajstić information content (AvgIpc) is 2.53. The summed E-state index contributed by atoms with van der Waals surface area (Å²) in [5.74, 6) is 1.71. The van der Waals surface area contributed by atoms with Crippen LogP contribution >= 0.6 is 0 Å². The van der Waals surface area contributed by atoms with E-state index in [0.29, 0.717) is 19.3 Å². The smallest absolute Gasteiger partial charge is 0.161 e. The van der Waals surface area contributed by atoms with Gasteiger partial charge in [0.15, 0.2) is 11.5 Å². The van der Waals surface area contributed by atoms with E-state index in [1.807, 2.05) is 13.1 Å². The van der Waals surface area contributed by atoms with Crippen molar-refractivity contribution in [2.24, 2.45) is 0 Å². The van der Waals surface area contributed by atoms with Gasteiger partial charge in [-0.3, -0.25) is 4.90 Å². The van der Waals surface area contributed by atoms with Gasteiger partial charge in [0.1, 0.15) is 13.2 Å². The Balaban J connectivity index is 1.71. The number of nitrogens with zero attached hydrogens (tertiary/aromatic N) is 1. The molecule has 0 radical (unpaired) electrons. The van der Waals surface area contributed by atoms with E-state index in [1.165, 1.54) is 5.56 Å². The van der Waals surface area contributed by atoms with Crippen molar-refractivity contribution in [2.45, 2.75) is 6.04 Å². The Hall–Kier alpha value is -1.30. The molecule has 1 N–H and O–H groups in total. The highest BCUT2D eigenvalue weighted by molar-refractivity contribution is 5.44. The summed E-state index contributed by atoms with van der Waals surface area (Å²) in [4.78, 5) is 2.43. The van der Waals surface area contributed by atoms with E-state index >= 15 is 0 Å². The Labute approximate surface area is 119 Å². The number of hydrogen-bond acceptors (Lipinski definition) is 5. The van der Waals surface area contributed by atoms with Gasteiger partial charge in [-0.05, 0) is 24.7 Å². The normalized spacial score (nSPS) is 20.6. The first kappa shape index (κ1) is 13.7. The van der Waals surface area contributed by atoms with Crippen molar-refractivity contribution in [1.29, 1.82) is 0 Å². The number of benzene rings is 1. The first-order chi connectivity index (χ1) is 9.86. The first-order valence-electron chi connectivity index (χ1n) is 7.24. The second-order valence-electron chi connectivity index (χ2n) is 5.16. The molecule has 0 bridgehead atoms. The minimum atomic E-state index is 0.295. The minimum Gasteiger partial charge on any atom is -0.486 e. The van der Waals surface area contributed by atoms with Crippen molar-refractivity contribution in [3.8, 4) is 11.5 Å². The highest BCUT2D eigenvalue weighted by Crippen LogP contribution is 2.32. The molecule has 0 aromatic heterocycles. The molecule has 3 rings (SSSR count). The van der Waals surface area contributed by atoms with Crippen LogP contribution in [0.5, 0.6) is 11.5 Å². The quantitative estimate of drug-likeness (QED) is 0.892. The molecule has 20 heavy (non-hydrogen) atoms. The lowest BCUT2D eigenvalue weighted by Gasteiger charge is -2.31. The molecule has 110 valence electrons. The molecule has 2 aliphatic rings. The van der Waals surface area contributed by atoms with Crippen LogP contribution in [-0.4, -0.2) is 58.0 Å². The van der Waals surface area contributed by atoms with Gasteiger partial charge in [0.25, 0.3) is 0 Å². The van der Waals surface area contributed by atoms with Crippen LogP contribution in [0.3, 0.4) is 0 Å². The number of likely N-dealkylation sites (N-methyl/N-ethyl adjacent to an activating group) is 1. The molecule has 1 saturated heterocycles. The van der Waals surface area contributed by atoms with E-state index in [4.69, 9.17) is 14.2 Å². The molecule has 1 unspecified atom stereocenters. The second-order valence-corrected chi connectivity index (χ2v) is 5.16. The van der Waals surface area contributed by atoms with Crippen LogP contribution < -0.4 is 14.8 Å². The fourth-order valence-electron chi connectivity index (χ4n) is 2.68. The number of hydrogen-bond donors (Lipinski definition) is 1. The third-order valence-electron chi connectivity index (χ3n) is 3.86. The van der Waals surface area contributed by atoms with Gasteiger partial charge in [-0.1, -0.05) is 6.07 Å². The van der Waals surface area contributed by atoms with Gasteiger partial charge in [0, 0.05) is 25.7 Å². The van der Waals surface area contributed by atoms with Gasteiger partial charge < -0.3 is 19.5 Å². The van der Waals surface area contributed by atoms with Gasteiger partial charge >= 0.3 is 0 Å². The van der Waals surface area contributed by atoms with Crippen LogP contribution in [0.2, 0.25) is 0 Å². The number of rotatable bonds is 4. The average molecular weight is 278 g/mol. The van der Waals surface area contributed by atoms with Gasteiger partial charge in [-0.15, -0.1) is 0 Å². The molecule has 1 atom stereocenters. The Kier molecular flexibility index (Phi) is 4.40. The Bertz CT molecular complexity index is 447. The minimum absolute atomic E-state index is 0.295. The number of fused-ring (bicyclic) bond motifs is 1. The van der Waals surface area contributed by atoms with E-state index in [1.54, 1.807) is 0 Å². The largest absolute Gasteiger partial charge is 0.486 e. The van der Waals surface area contributed by atoms with Crippen molar-refractivity contribution in [2.75, 3.05) is 53.1 Å². The first-order valence-corrected chi connectivity index (χ1v) is 7.24. The molecule has 0 aliphatic carbocycles. The van der Waals surface area contributed by atoms with Crippen LogP contribution in [0.1, 0.15) is 11.6 Å². The summed E-state index contributed by atoms with van der Waals surface area (Å²) in [6, 6.07) is 6.52. The topological polar surface area (TPSA) is 43.0 Å². The maximum absolute atomic E-state index is 5.66. The third-order valence-corrected chi connectivity index (χ3v) is 3.86. The van der Waals surface area contributed by atoms with E-state index in [0.717, 1.165) is 44.3 Å². The van der Waals surface area contributed by atoms with Crippen molar-refractivity contribution >= 4 is 0 Å². The fourth-order valence-corrected chi connectivity index (χ4v) is 2.68. The number of nitrogens with one attached hydrogen (secondary N) is 1. The third kappa shape index (κ3) is 3.06. The summed E-state index contributed by atoms with van der Waals surface area (Å²) in [6.45, 7) is 5.92. The van der Waals surface area contributed by atoms with Crippen LogP contribution in [-0.2, 0) is 4.74 Å². The predicted octanol–water partition coefficient (Wildman–Crippen LogP) is 1.05. The summed E-state index contributed by atoms with van der Waals surface area (Å²) in [5.41, 5.74) is 1.24. The van der Waals surface area contributed by atoms with Gasteiger partial charge in [0.05, 0.1) is 13.2 Å². The van der Waals surface area contributed by atoms with E-state index in [-0.39, 0.29) is 0 Å². The Morgan fingerprint density at radius 3 is 2.60 bits per heavy atom. The summed E-state index contributed by atoms with van der Waals surface area (Å²) in [5, 5.41) is 3.39. The molecule has 0 saturated carbocycles. The maximum Gasteiger partial charge on any atom is 0.161 e. The second kappa shape index (κ2) is 6.43. The highest BCUT2D eigenvalue weighted by Gasteiger charge is 2.19. The van der Waals surface area contributed by atoms with Crippen molar-refractivity contribution in [3.05, 3.63) is 23.8 Å².